The second-order valence-electron chi connectivity index (χ2n) is 3.59. The van der Waals surface area contributed by atoms with Crippen LogP contribution >= 0.6 is 22.9 Å². The highest BCUT2D eigenvalue weighted by Gasteiger charge is 2.11. The minimum absolute atomic E-state index is 0.0294. The molecule has 0 N–H and O–H groups in total. The van der Waals surface area contributed by atoms with Crippen molar-refractivity contribution in [2.24, 2.45) is 0 Å². The molecule has 0 aliphatic heterocycles. The Morgan fingerprint density at radius 1 is 1.53 bits per heavy atom. The molecule has 0 fully saturated rings. The Hall–Kier alpha value is -1.26. The number of Topliss-reactive ketones (excluding diaryl/α,β-unsaturated/α-hetero) is 1. The SMILES string of the molecule is Cc1ncc(C(=O)Cc2ccc(F)c(Cl)c2)s1. The number of carbonyl (C=O) groups excluding carboxylic acids is 1. The van der Waals surface area contributed by atoms with Crippen LogP contribution in [-0.2, 0) is 6.42 Å². The second-order valence-corrected chi connectivity index (χ2v) is 5.23. The van der Waals surface area contributed by atoms with E-state index in [1.807, 2.05) is 6.92 Å². The van der Waals surface area contributed by atoms with Crippen molar-refractivity contribution < 1.29 is 9.18 Å². The van der Waals surface area contributed by atoms with E-state index in [9.17, 15) is 9.18 Å². The molecule has 0 aliphatic rings. The number of aromatic nitrogens is 1. The maximum absolute atomic E-state index is 12.9. The Bertz CT molecular complexity index is 567. The number of carbonyl (C=O) groups is 1. The smallest absolute Gasteiger partial charge is 0.178 e. The first kappa shape index (κ1) is 12.2. The van der Waals surface area contributed by atoms with Crippen molar-refractivity contribution in [3.63, 3.8) is 0 Å². The molecule has 0 radical (unpaired) electrons. The van der Waals surface area contributed by atoms with Crippen molar-refractivity contribution in [1.82, 2.24) is 4.98 Å². The maximum atomic E-state index is 12.9. The summed E-state index contributed by atoms with van der Waals surface area (Å²) in [6.45, 7) is 1.84. The fourth-order valence-electron chi connectivity index (χ4n) is 1.41. The van der Waals surface area contributed by atoms with E-state index in [-0.39, 0.29) is 17.2 Å². The van der Waals surface area contributed by atoms with Crippen LogP contribution in [0.2, 0.25) is 5.02 Å². The van der Waals surface area contributed by atoms with Crippen LogP contribution in [0.15, 0.2) is 24.4 Å². The summed E-state index contributed by atoms with van der Waals surface area (Å²) < 4.78 is 12.9. The van der Waals surface area contributed by atoms with E-state index in [4.69, 9.17) is 11.6 Å². The third-order valence-corrected chi connectivity index (χ3v) is 3.49. The molecule has 0 bridgehead atoms. The average molecular weight is 270 g/mol. The molecule has 1 heterocycles. The normalized spacial score (nSPS) is 10.5. The Morgan fingerprint density at radius 2 is 2.29 bits per heavy atom. The van der Waals surface area contributed by atoms with Gasteiger partial charge in [0, 0.05) is 12.6 Å². The summed E-state index contributed by atoms with van der Waals surface area (Å²) in [6, 6.07) is 4.30. The Balaban J connectivity index is 2.15. The number of rotatable bonds is 3. The molecule has 0 aliphatic carbocycles. The molecular weight excluding hydrogens is 261 g/mol. The van der Waals surface area contributed by atoms with Crippen molar-refractivity contribution in [2.75, 3.05) is 0 Å². The van der Waals surface area contributed by atoms with E-state index in [1.165, 1.54) is 23.5 Å². The van der Waals surface area contributed by atoms with Crippen molar-refractivity contribution in [3.8, 4) is 0 Å². The van der Waals surface area contributed by atoms with Gasteiger partial charge >= 0.3 is 0 Å². The van der Waals surface area contributed by atoms with Gasteiger partial charge in [-0.15, -0.1) is 11.3 Å². The number of ketones is 1. The van der Waals surface area contributed by atoms with Crippen LogP contribution in [0.1, 0.15) is 20.2 Å². The minimum atomic E-state index is -0.475. The molecule has 5 heteroatoms. The molecule has 88 valence electrons. The molecule has 2 rings (SSSR count). The summed E-state index contributed by atoms with van der Waals surface area (Å²) in [4.78, 5) is 16.5. The monoisotopic (exact) mass is 269 g/mol. The largest absolute Gasteiger partial charge is 0.293 e. The first-order valence-electron chi connectivity index (χ1n) is 4.96. The van der Waals surface area contributed by atoms with E-state index in [1.54, 1.807) is 12.3 Å². The van der Waals surface area contributed by atoms with Gasteiger partial charge in [0.25, 0.3) is 0 Å². The molecule has 0 amide bonds. The van der Waals surface area contributed by atoms with Crippen LogP contribution in [0.4, 0.5) is 4.39 Å². The number of thiazole rings is 1. The van der Waals surface area contributed by atoms with E-state index in [0.29, 0.717) is 10.4 Å². The first-order chi connectivity index (χ1) is 8.06. The van der Waals surface area contributed by atoms with Gasteiger partial charge in [-0.3, -0.25) is 4.79 Å². The zero-order valence-corrected chi connectivity index (χ0v) is 10.6. The first-order valence-corrected chi connectivity index (χ1v) is 6.15. The second kappa shape index (κ2) is 4.94. The fraction of sp³-hybridized carbons (Fsp3) is 0.167. The van der Waals surface area contributed by atoms with Gasteiger partial charge in [0.1, 0.15) is 5.82 Å². The fourth-order valence-corrected chi connectivity index (χ4v) is 2.33. The molecule has 0 unspecified atom stereocenters. The molecule has 1 aromatic heterocycles. The third-order valence-electron chi connectivity index (χ3n) is 2.24. The zero-order valence-electron chi connectivity index (χ0n) is 9.04. The average Bonchev–Trinajstić information content (AvgIpc) is 2.70. The Labute approximate surface area is 107 Å². The summed E-state index contributed by atoms with van der Waals surface area (Å²) >= 11 is 7.01. The van der Waals surface area contributed by atoms with Crippen LogP contribution in [0.5, 0.6) is 0 Å². The van der Waals surface area contributed by atoms with Crippen LogP contribution < -0.4 is 0 Å². The summed E-state index contributed by atoms with van der Waals surface area (Å²) in [5, 5.41) is 0.890. The van der Waals surface area contributed by atoms with Gasteiger partial charge in [0.05, 0.1) is 14.9 Å². The predicted octanol–water partition coefficient (Wildman–Crippen LogP) is 3.67. The molecular formula is C12H9ClFNOS. The Kier molecular flexibility index (Phi) is 3.54. The van der Waals surface area contributed by atoms with Gasteiger partial charge in [0.15, 0.2) is 5.78 Å². The van der Waals surface area contributed by atoms with Crippen molar-refractivity contribution in [1.29, 1.82) is 0 Å². The van der Waals surface area contributed by atoms with Crippen molar-refractivity contribution >= 4 is 28.7 Å². The molecule has 0 atom stereocenters. The lowest BCUT2D eigenvalue weighted by atomic mass is 10.1. The zero-order chi connectivity index (χ0) is 12.4. The summed E-state index contributed by atoms with van der Waals surface area (Å²) in [6.07, 6.45) is 1.77. The van der Waals surface area contributed by atoms with Gasteiger partial charge in [-0.2, -0.15) is 0 Å². The van der Waals surface area contributed by atoms with E-state index >= 15 is 0 Å². The molecule has 17 heavy (non-hydrogen) atoms. The number of benzene rings is 1. The van der Waals surface area contributed by atoms with E-state index < -0.39 is 5.82 Å². The standard InChI is InChI=1S/C12H9ClFNOS/c1-7-15-6-12(17-7)11(16)5-8-2-3-10(14)9(13)4-8/h2-4,6H,5H2,1H3. The highest BCUT2D eigenvalue weighted by atomic mass is 35.5. The summed E-state index contributed by atoms with van der Waals surface area (Å²) in [7, 11) is 0. The van der Waals surface area contributed by atoms with Crippen molar-refractivity contribution in [3.05, 3.63) is 50.7 Å². The molecule has 0 saturated carbocycles. The highest BCUT2D eigenvalue weighted by Crippen LogP contribution is 2.19. The highest BCUT2D eigenvalue weighted by molar-refractivity contribution is 7.13. The van der Waals surface area contributed by atoms with Gasteiger partial charge in [-0.1, -0.05) is 17.7 Å². The van der Waals surface area contributed by atoms with E-state index in [0.717, 1.165) is 5.01 Å². The lowest BCUT2D eigenvalue weighted by Crippen LogP contribution is -2.01. The lowest BCUT2D eigenvalue weighted by Gasteiger charge is -2.00. The summed E-state index contributed by atoms with van der Waals surface area (Å²) in [5.74, 6) is -0.505. The number of hydrogen-bond donors (Lipinski definition) is 0. The van der Waals surface area contributed by atoms with Crippen LogP contribution in [0.3, 0.4) is 0 Å². The number of aryl methyl sites for hydroxylation is 1. The minimum Gasteiger partial charge on any atom is -0.293 e. The third kappa shape index (κ3) is 2.90. The maximum Gasteiger partial charge on any atom is 0.178 e. The van der Waals surface area contributed by atoms with Crippen LogP contribution in [0, 0.1) is 12.7 Å². The number of nitrogens with zero attached hydrogens (tertiary/aromatic N) is 1. The van der Waals surface area contributed by atoms with Crippen LogP contribution in [0.25, 0.3) is 0 Å². The number of hydrogen-bond acceptors (Lipinski definition) is 3. The lowest BCUT2D eigenvalue weighted by molar-refractivity contribution is 0.0996. The van der Waals surface area contributed by atoms with E-state index in [2.05, 4.69) is 4.98 Å². The molecule has 1 aromatic carbocycles. The quantitative estimate of drug-likeness (QED) is 0.796. The number of halogens is 2. The predicted molar refractivity (Wildman–Crippen MR) is 66.3 cm³/mol. The Morgan fingerprint density at radius 3 is 2.88 bits per heavy atom. The van der Waals surface area contributed by atoms with Crippen LogP contribution in [-0.4, -0.2) is 10.8 Å². The molecule has 2 nitrogen and oxygen atoms in total. The summed E-state index contributed by atoms with van der Waals surface area (Å²) in [5.41, 5.74) is 0.701. The molecule has 2 aromatic rings. The van der Waals surface area contributed by atoms with Gasteiger partial charge in [0.2, 0.25) is 0 Å². The van der Waals surface area contributed by atoms with Gasteiger partial charge in [-0.05, 0) is 24.6 Å². The van der Waals surface area contributed by atoms with Gasteiger partial charge < -0.3 is 0 Å². The topological polar surface area (TPSA) is 30.0 Å². The van der Waals surface area contributed by atoms with Crippen molar-refractivity contribution in [2.45, 2.75) is 13.3 Å². The molecule has 0 saturated heterocycles. The van der Waals surface area contributed by atoms with Gasteiger partial charge in [-0.25, -0.2) is 9.37 Å². The molecule has 0 spiro atoms.